The van der Waals surface area contributed by atoms with Crippen molar-refractivity contribution in [1.82, 2.24) is 10.7 Å². The molecule has 2 atom stereocenters. The lowest BCUT2D eigenvalue weighted by Crippen LogP contribution is -2.42. The Kier molecular flexibility index (Phi) is 5.80. The number of rotatable bonds is 5. The van der Waals surface area contributed by atoms with E-state index in [2.05, 4.69) is 10.7 Å². The molecule has 0 spiro atoms. The molecule has 6 heteroatoms. The minimum Gasteiger partial charge on any atom is -0.497 e. The lowest BCUT2D eigenvalue weighted by molar-refractivity contribution is -0.596. The van der Waals surface area contributed by atoms with Crippen molar-refractivity contribution in [2.75, 3.05) is 7.11 Å². The van der Waals surface area contributed by atoms with Gasteiger partial charge in [-0.1, -0.05) is 48.0 Å². The summed E-state index contributed by atoms with van der Waals surface area (Å²) in [5, 5.41) is 2.92. The van der Waals surface area contributed by atoms with Gasteiger partial charge in [-0.15, -0.1) is 10.1 Å². The number of methoxy groups -OCH3 is 1. The standard InChI is InChI=1S/C25H23N3O3/c1-17-7-6-10-20(15-17)24(29)26-22-23(19-8-4-3-5-9-19)28(27-25(22)30)16-18-11-13-21(31-2)14-12-18/h3-16,22-23H,1-2H3,(H-,26,27,29,30)/p+1/b28-16-/t22-,23+/m1/s1. The number of hydrogen-bond acceptors (Lipinski definition) is 3. The summed E-state index contributed by atoms with van der Waals surface area (Å²) >= 11 is 0. The summed E-state index contributed by atoms with van der Waals surface area (Å²) in [6.45, 7) is 1.93. The summed E-state index contributed by atoms with van der Waals surface area (Å²) in [5.41, 5.74) is 6.21. The SMILES string of the molecule is COc1ccc(/C=[N+]2\NC(=O)[C@H](NC(=O)c3cccc(C)c3)[C@@H]2c2ccccc2)cc1. The van der Waals surface area contributed by atoms with Crippen LogP contribution < -0.4 is 15.5 Å². The van der Waals surface area contributed by atoms with Gasteiger partial charge in [-0.3, -0.25) is 9.59 Å². The minimum atomic E-state index is -0.745. The van der Waals surface area contributed by atoms with Crippen molar-refractivity contribution in [2.45, 2.75) is 19.0 Å². The second kappa shape index (κ2) is 8.83. The molecule has 3 aromatic carbocycles. The van der Waals surface area contributed by atoms with Crippen LogP contribution in [0.5, 0.6) is 5.75 Å². The van der Waals surface area contributed by atoms with Crippen molar-refractivity contribution in [3.63, 3.8) is 0 Å². The van der Waals surface area contributed by atoms with Crippen molar-refractivity contribution in [3.05, 3.63) is 101 Å². The summed E-state index contributed by atoms with van der Waals surface area (Å²) < 4.78 is 6.96. The molecule has 31 heavy (non-hydrogen) atoms. The molecule has 3 aromatic rings. The summed E-state index contributed by atoms with van der Waals surface area (Å²) in [6, 6.07) is 23.4. The molecule has 0 bridgehead atoms. The number of carbonyl (C=O) groups excluding carboxylic acids is 2. The highest BCUT2D eigenvalue weighted by Gasteiger charge is 2.47. The van der Waals surface area contributed by atoms with Crippen molar-refractivity contribution in [2.24, 2.45) is 0 Å². The zero-order valence-electron chi connectivity index (χ0n) is 17.4. The lowest BCUT2D eigenvalue weighted by Gasteiger charge is -2.15. The predicted octanol–water partition coefficient (Wildman–Crippen LogP) is 3.02. The summed E-state index contributed by atoms with van der Waals surface area (Å²) in [6.07, 6.45) is 1.85. The molecule has 2 N–H and O–H groups in total. The average molecular weight is 414 g/mol. The largest absolute Gasteiger partial charge is 0.497 e. The van der Waals surface area contributed by atoms with E-state index in [-0.39, 0.29) is 11.8 Å². The van der Waals surface area contributed by atoms with Crippen molar-refractivity contribution in [1.29, 1.82) is 0 Å². The van der Waals surface area contributed by atoms with E-state index in [0.29, 0.717) is 5.56 Å². The topological polar surface area (TPSA) is 70.4 Å². The normalized spacial score (nSPS) is 19.2. The molecule has 1 aliphatic rings. The fourth-order valence-electron chi connectivity index (χ4n) is 3.69. The van der Waals surface area contributed by atoms with Crippen LogP contribution in [-0.2, 0) is 4.79 Å². The first-order valence-electron chi connectivity index (χ1n) is 10.1. The fourth-order valence-corrected chi connectivity index (χ4v) is 3.69. The van der Waals surface area contributed by atoms with Crippen LogP contribution in [0.2, 0.25) is 0 Å². The van der Waals surface area contributed by atoms with E-state index in [1.807, 2.05) is 79.9 Å². The van der Waals surface area contributed by atoms with Crippen molar-refractivity contribution in [3.8, 4) is 5.75 Å². The summed E-state index contributed by atoms with van der Waals surface area (Å²) in [5.74, 6) is 0.209. The Balaban J connectivity index is 1.67. The number of hydrazine groups is 1. The molecular formula is C25H24N3O3+. The molecule has 1 saturated heterocycles. The highest BCUT2D eigenvalue weighted by Crippen LogP contribution is 2.25. The van der Waals surface area contributed by atoms with Gasteiger partial charge in [0, 0.05) is 16.7 Å². The Morgan fingerprint density at radius 1 is 1.03 bits per heavy atom. The Morgan fingerprint density at radius 3 is 2.45 bits per heavy atom. The third-order valence-corrected chi connectivity index (χ3v) is 5.25. The molecule has 0 aliphatic carbocycles. The van der Waals surface area contributed by atoms with Crippen molar-refractivity contribution < 1.29 is 19.0 Å². The Hall–Kier alpha value is -3.93. The van der Waals surface area contributed by atoms with E-state index < -0.39 is 12.1 Å². The van der Waals surface area contributed by atoms with Gasteiger partial charge in [-0.05, 0) is 43.3 Å². The number of ether oxygens (including phenoxy) is 1. The van der Waals surface area contributed by atoms with Gasteiger partial charge in [0.15, 0.2) is 6.04 Å². The monoisotopic (exact) mass is 414 g/mol. The first-order chi connectivity index (χ1) is 15.0. The number of benzene rings is 3. The van der Waals surface area contributed by atoms with Crippen LogP contribution in [0.3, 0.4) is 0 Å². The summed E-state index contributed by atoms with van der Waals surface area (Å²) in [7, 11) is 1.62. The van der Waals surface area contributed by atoms with Crippen LogP contribution >= 0.6 is 0 Å². The van der Waals surface area contributed by atoms with Crippen molar-refractivity contribution >= 4 is 18.0 Å². The first kappa shape index (κ1) is 20.3. The molecule has 0 aromatic heterocycles. The van der Waals surface area contributed by atoms with E-state index in [0.717, 1.165) is 22.4 Å². The molecule has 0 radical (unpaired) electrons. The smallest absolute Gasteiger partial charge is 0.304 e. The van der Waals surface area contributed by atoms with Gasteiger partial charge in [0.2, 0.25) is 12.3 Å². The lowest BCUT2D eigenvalue weighted by atomic mass is 9.99. The van der Waals surface area contributed by atoms with Crippen LogP contribution in [0.25, 0.3) is 0 Å². The number of hydrazone groups is 1. The molecule has 0 unspecified atom stereocenters. The minimum absolute atomic E-state index is 0.264. The molecule has 2 amide bonds. The van der Waals surface area contributed by atoms with Gasteiger partial charge >= 0.3 is 5.91 Å². The maximum atomic E-state index is 12.9. The Morgan fingerprint density at radius 2 is 1.77 bits per heavy atom. The number of nitrogens with zero attached hydrogens (tertiary/aromatic N) is 1. The summed E-state index contributed by atoms with van der Waals surface area (Å²) in [4.78, 5) is 25.8. The van der Waals surface area contributed by atoms with E-state index >= 15 is 0 Å². The zero-order valence-corrected chi connectivity index (χ0v) is 17.4. The molecule has 4 rings (SSSR count). The average Bonchev–Trinajstić information content (AvgIpc) is 3.09. The second-order valence-corrected chi connectivity index (χ2v) is 7.46. The van der Waals surface area contributed by atoms with E-state index in [4.69, 9.17) is 4.74 Å². The molecule has 6 nitrogen and oxygen atoms in total. The van der Waals surface area contributed by atoms with E-state index in [9.17, 15) is 9.59 Å². The molecule has 1 aliphatic heterocycles. The predicted molar refractivity (Wildman–Crippen MR) is 118 cm³/mol. The Labute approximate surface area is 181 Å². The van der Waals surface area contributed by atoms with Crippen LogP contribution in [0.1, 0.15) is 33.1 Å². The molecule has 1 fully saturated rings. The van der Waals surface area contributed by atoms with Crippen LogP contribution in [0, 0.1) is 6.92 Å². The first-order valence-corrected chi connectivity index (χ1v) is 10.1. The third-order valence-electron chi connectivity index (χ3n) is 5.25. The second-order valence-electron chi connectivity index (χ2n) is 7.46. The zero-order chi connectivity index (χ0) is 21.8. The van der Waals surface area contributed by atoms with Gasteiger partial charge in [0.25, 0.3) is 5.91 Å². The van der Waals surface area contributed by atoms with Gasteiger partial charge in [-0.2, -0.15) is 0 Å². The van der Waals surface area contributed by atoms with Crippen LogP contribution in [-0.4, -0.2) is 35.9 Å². The van der Waals surface area contributed by atoms with Gasteiger partial charge < -0.3 is 10.1 Å². The van der Waals surface area contributed by atoms with Crippen LogP contribution in [0.15, 0.2) is 78.9 Å². The number of aryl methyl sites for hydroxylation is 1. The fraction of sp³-hybridized carbons (Fsp3) is 0.160. The third kappa shape index (κ3) is 4.48. The van der Waals surface area contributed by atoms with Gasteiger partial charge in [-0.25, -0.2) is 0 Å². The quantitative estimate of drug-likeness (QED) is 0.631. The molecule has 0 saturated carbocycles. The number of nitrogens with one attached hydrogen (secondary N) is 2. The van der Waals surface area contributed by atoms with Gasteiger partial charge in [0.05, 0.1) is 7.11 Å². The number of hydrogen-bond donors (Lipinski definition) is 2. The maximum Gasteiger partial charge on any atom is 0.304 e. The number of carbonyl (C=O) groups is 2. The molecule has 1 heterocycles. The van der Waals surface area contributed by atoms with Gasteiger partial charge in [0.1, 0.15) is 5.75 Å². The van der Waals surface area contributed by atoms with E-state index in [1.54, 1.807) is 23.9 Å². The highest BCUT2D eigenvalue weighted by atomic mass is 16.5. The maximum absolute atomic E-state index is 12.9. The van der Waals surface area contributed by atoms with Crippen LogP contribution in [0.4, 0.5) is 0 Å². The Bertz CT molecular complexity index is 1120. The van der Waals surface area contributed by atoms with E-state index in [1.165, 1.54) is 0 Å². The molecule has 156 valence electrons. The highest BCUT2D eigenvalue weighted by molar-refractivity contribution is 5.98. The number of amides is 2. The molecular weight excluding hydrogens is 390 g/mol.